The highest BCUT2D eigenvalue weighted by molar-refractivity contribution is 5.59. The van der Waals surface area contributed by atoms with Crippen molar-refractivity contribution in [1.82, 2.24) is 10.3 Å². The smallest absolute Gasteiger partial charge is 0.314 e. The molecule has 0 saturated heterocycles. The molecule has 0 saturated carbocycles. The molecule has 0 fully saturated rings. The van der Waals surface area contributed by atoms with E-state index in [2.05, 4.69) is 27.8 Å². The summed E-state index contributed by atoms with van der Waals surface area (Å²) in [6.45, 7) is 4.02. The molecule has 0 amide bonds. The third-order valence-corrected chi connectivity index (χ3v) is 3.67. The van der Waals surface area contributed by atoms with Crippen LogP contribution in [0.4, 0.5) is 11.5 Å². The van der Waals surface area contributed by atoms with Gasteiger partial charge in [0.1, 0.15) is 0 Å². The largest absolute Gasteiger partial charge is 0.360 e. The lowest BCUT2D eigenvalue weighted by atomic mass is 10.1. The van der Waals surface area contributed by atoms with Gasteiger partial charge in [-0.1, -0.05) is 18.2 Å². The SMILES string of the molecule is Cc1ccnc(NCc2ccc3c(c2)CNC3)c1[N+](=O)[O-]. The Morgan fingerprint density at radius 3 is 2.95 bits per heavy atom. The van der Waals surface area contributed by atoms with Crippen LogP contribution in [-0.2, 0) is 19.6 Å². The van der Waals surface area contributed by atoms with E-state index >= 15 is 0 Å². The van der Waals surface area contributed by atoms with Gasteiger partial charge in [0.05, 0.1) is 4.92 Å². The summed E-state index contributed by atoms with van der Waals surface area (Å²) < 4.78 is 0. The Hall–Kier alpha value is -2.47. The van der Waals surface area contributed by atoms with Gasteiger partial charge in [-0.3, -0.25) is 10.1 Å². The second kappa shape index (κ2) is 5.49. The third kappa shape index (κ3) is 2.71. The molecule has 2 N–H and O–H groups in total. The molecule has 2 heterocycles. The topological polar surface area (TPSA) is 80.1 Å². The summed E-state index contributed by atoms with van der Waals surface area (Å²) in [5.74, 6) is 0.318. The van der Waals surface area contributed by atoms with Crippen LogP contribution < -0.4 is 10.6 Å². The van der Waals surface area contributed by atoms with Crippen molar-refractivity contribution in [3.63, 3.8) is 0 Å². The van der Waals surface area contributed by atoms with Gasteiger partial charge in [-0.05, 0) is 29.7 Å². The highest BCUT2D eigenvalue weighted by Gasteiger charge is 2.18. The van der Waals surface area contributed by atoms with E-state index < -0.39 is 4.92 Å². The lowest BCUT2D eigenvalue weighted by Crippen LogP contribution is -2.06. The maximum Gasteiger partial charge on any atom is 0.314 e. The van der Waals surface area contributed by atoms with Crippen molar-refractivity contribution in [2.24, 2.45) is 0 Å². The molecule has 1 aromatic heterocycles. The Bertz CT molecular complexity index is 700. The summed E-state index contributed by atoms with van der Waals surface area (Å²) in [6, 6.07) is 7.92. The molecule has 1 aliphatic heterocycles. The predicted octanol–water partition coefficient (Wildman–Crippen LogP) is 2.51. The average Bonchev–Trinajstić information content (AvgIpc) is 2.92. The zero-order valence-electron chi connectivity index (χ0n) is 11.7. The molecule has 1 aliphatic rings. The number of hydrogen-bond acceptors (Lipinski definition) is 5. The fourth-order valence-corrected chi connectivity index (χ4v) is 2.55. The minimum Gasteiger partial charge on any atom is -0.360 e. The van der Waals surface area contributed by atoms with Gasteiger partial charge in [0.15, 0.2) is 0 Å². The predicted molar refractivity (Wildman–Crippen MR) is 79.9 cm³/mol. The summed E-state index contributed by atoms with van der Waals surface area (Å²) >= 11 is 0. The molecular weight excluding hydrogens is 268 g/mol. The summed E-state index contributed by atoms with van der Waals surface area (Å²) in [4.78, 5) is 14.8. The van der Waals surface area contributed by atoms with Gasteiger partial charge in [-0.15, -0.1) is 0 Å². The Kier molecular flexibility index (Phi) is 3.53. The quantitative estimate of drug-likeness (QED) is 0.666. The number of aromatic nitrogens is 1. The first-order chi connectivity index (χ1) is 10.1. The summed E-state index contributed by atoms with van der Waals surface area (Å²) in [5, 5.41) is 17.5. The van der Waals surface area contributed by atoms with E-state index in [9.17, 15) is 10.1 Å². The molecule has 21 heavy (non-hydrogen) atoms. The van der Waals surface area contributed by atoms with E-state index in [4.69, 9.17) is 0 Å². The van der Waals surface area contributed by atoms with E-state index in [0.29, 0.717) is 17.9 Å². The number of anilines is 1. The molecule has 0 bridgehead atoms. The first kappa shape index (κ1) is 13.5. The number of hydrogen-bond donors (Lipinski definition) is 2. The van der Waals surface area contributed by atoms with Crippen molar-refractivity contribution >= 4 is 11.5 Å². The molecule has 0 spiro atoms. The number of aryl methyl sites for hydroxylation is 1. The van der Waals surface area contributed by atoms with Gasteiger partial charge in [-0.2, -0.15) is 0 Å². The molecule has 0 atom stereocenters. The number of nitrogens with one attached hydrogen (secondary N) is 2. The molecular formula is C15H16N4O2. The number of nitro groups is 1. The molecule has 2 aromatic rings. The van der Waals surface area contributed by atoms with Crippen molar-refractivity contribution < 1.29 is 4.92 Å². The molecule has 6 nitrogen and oxygen atoms in total. The number of nitrogens with zero attached hydrogens (tertiary/aromatic N) is 2. The van der Waals surface area contributed by atoms with Gasteiger partial charge >= 0.3 is 5.69 Å². The highest BCUT2D eigenvalue weighted by atomic mass is 16.6. The Balaban J connectivity index is 1.79. The Morgan fingerprint density at radius 1 is 1.33 bits per heavy atom. The van der Waals surface area contributed by atoms with Crippen molar-refractivity contribution in [2.45, 2.75) is 26.6 Å². The lowest BCUT2D eigenvalue weighted by Gasteiger charge is -2.08. The third-order valence-electron chi connectivity index (χ3n) is 3.67. The van der Waals surface area contributed by atoms with Gasteiger partial charge in [0.25, 0.3) is 0 Å². The second-order valence-corrected chi connectivity index (χ2v) is 5.14. The Morgan fingerprint density at radius 2 is 2.14 bits per heavy atom. The monoisotopic (exact) mass is 284 g/mol. The number of benzene rings is 1. The summed E-state index contributed by atoms with van der Waals surface area (Å²) in [6.07, 6.45) is 1.58. The fourth-order valence-electron chi connectivity index (χ4n) is 2.55. The van der Waals surface area contributed by atoms with E-state index in [-0.39, 0.29) is 5.69 Å². The second-order valence-electron chi connectivity index (χ2n) is 5.14. The molecule has 0 unspecified atom stereocenters. The van der Waals surface area contributed by atoms with E-state index in [0.717, 1.165) is 18.7 Å². The van der Waals surface area contributed by atoms with Crippen LogP contribution in [0.5, 0.6) is 0 Å². The van der Waals surface area contributed by atoms with Gasteiger partial charge in [0.2, 0.25) is 5.82 Å². The van der Waals surface area contributed by atoms with Crippen molar-refractivity contribution in [3.05, 3.63) is 62.8 Å². The van der Waals surface area contributed by atoms with Crippen LogP contribution >= 0.6 is 0 Å². The van der Waals surface area contributed by atoms with Gasteiger partial charge in [-0.25, -0.2) is 4.98 Å². The molecule has 3 rings (SSSR count). The highest BCUT2D eigenvalue weighted by Crippen LogP contribution is 2.26. The number of fused-ring (bicyclic) bond motifs is 1. The zero-order valence-corrected chi connectivity index (χ0v) is 11.7. The van der Waals surface area contributed by atoms with E-state index in [1.165, 1.54) is 11.1 Å². The van der Waals surface area contributed by atoms with Crippen LogP contribution in [-0.4, -0.2) is 9.91 Å². The van der Waals surface area contributed by atoms with E-state index in [1.807, 2.05) is 6.07 Å². The molecule has 6 heteroatoms. The van der Waals surface area contributed by atoms with Crippen molar-refractivity contribution in [3.8, 4) is 0 Å². The van der Waals surface area contributed by atoms with Crippen LogP contribution in [0.3, 0.4) is 0 Å². The lowest BCUT2D eigenvalue weighted by molar-refractivity contribution is -0.384. The minimum atomic E-state index is -0.392. The maximum absolute atomic E-state index is 11.1. The van der Waals surface area contributed by atoms with Crippen LogP contribution in [0.1, 0.15) is 22.3 Å². The molecule has 0 aliphatic carbocycles. The molecule has 1 aromatic carbocycles. The van der Waals surface area contributed by atoms with Gasteiger partial charge < -0.3 is 10.6 Å². The molecule has 108 valence electrons. The van der Waals surface area contributed by atoms with Crippen LogP contribution in [0, 0.1) is 17.0 Å². The summed E-state index contributed by atoms with van der Waals surface area (Å²) in [5.41, 5.74) is 4.35. The van der Waals surface area contributed by atoms with Crippen LogP contribution in [0.2, 0.25) is 0 Å². The Labute approximate surface area is 122 Å². The average molecular weight is 284 g/mol. The van der Waals surface area contributed by atoms with Crippen molar-refractivity contribution in [2.75, 3.05) is 5.32 Å². The normalized spacial score (nSPS) is 13.0. The van der Waals surface area contributed by atoms with Crippen LogP contribution in [0.25, 0.3) is 0 Å². The first-order valence-electron chi connectivity index (χ1n) is 6.80. The minimum absolute atomic E-state index is 0.0420. The number of pyridine rings is 1. The molecule has 0 radical (unpaired) electrons. The number of rotatable bonds is 4. The van der Waals surface area contributed by atoms with Crippen LogP contribution in [0.15, 0.2) is 30.5 Å². The van der Waals surface area contributed by atoms with E-state index in [1.54, 1.807) is 19.2 Å². The zero-order chi connectivity index (χ0) is 14.8. The van der Waals surface area contributed by atoms with Gasteiger partial charge in [0, 0.05) is 31.4 Å². The fraction of sp³-hybridized carbons (Fsp3) is 0.267. The van der Waals surface area contributed by atoms with Crippen molar-refractivity contribution in [1.29, 1.82) is 0 Å². The maximum atomic E-state index is 11.1. The summed E-state index contributed by atoms with van der Waals surface area (Å²) in [7, 11) is 0. The standard InChI is InChI=1S/C15H16N4O2/c1-10-4-5-17-15(14(10)19(20)21)18-7-11-2-3-12-8-16-9-13(12)6-11/h2-6,16H,7-9H2,1H3,(H,17,18). The first-order valence-corrected chi connectivity index (χ1v) is 6.80.